The number of halogens is 3. The Morgan fingerprint density at radius 2 is 1.44 bits per heavy atom. The quantitative estimate of drug-likeness (QED) is 0.143. The highest BCUT2D eigenvalue weighted by molar-refractivity contribution is 14.1. The Balaban J connectivity index is 3.49. The van der Waals surface area contributed by atoms with Crippen LogP contribution < -0.4 is 16.0 Å². The maximum absolute atomic E-state index is 12.8. The number of carbonyl (C=O) groups is 4. The van der Waals surface area contributed by atoms with E-state index in [1.54, 1.807) is 22.6 Å². The van der Waals surface area contributed by atoms with Crippen molar-refractivity contribution in [1.29, 1.82) is 0 Å². The molecule has 3 amide bonds. The van der Waals surface area contributed by atoms with E-state index in [9.17, 15) is 29.4 Å². The molecule has 0 saturated carbocycles. The van der Waals surface area contributed by atoms with Crippen LogP contribution in [-0.4, -0.2) is 89.7 Å². The van der Waals surface area contributed by atoms with Gasteiger partial charge in [-0.15, -0.1) is 0 Å². The van der Waals surface area contributed by atoms with Crippen LogP contribution in [-0.2, 0) is 14.3 Å². The normalized spacial score (nSPS) is 12.6. The molecule has 0 spiro atoms. The number of anilines is 1. The predicted molar refractivity (Wildman–Crippen MR) is 137 cm³/mol. The Kier molecular flexibility index (Phi) is 12.5. The van der Waals surface area contributed by atoms with Gasteiger partial charge in [0.15, 0.2) is 6.10 Å². The SMILES string of the molecule is COCC(=O)Nc1c(I)c(C(=O)NCC(O)CO)c(I)c(C(=O)NCC(O)C(=O)O)c1I. The molecule has 0 aliphatic carbocycles. The minimum Gasteiger partial charge on any atom is -0.479 e. The fourth-order valence-corrected chi connectivity index (χ4v) is 6.62. The van der Waals surface area contributed by atoms with E-state index in [4.69, 9.17) is 14.9 Å². The van der Waals surface area contributed by atoms with Crippen LogP contribution in [0.3, 0.4) is 0 Å². The molecule has 0 saturated heterocycles. The second-order valence-electron chi connectivity index (χ2n) is 6.16. The second-order valence-corrected chi connectivity index (χ2v) is 9.39. The molecule has 0 radical (unpaired) electrons. The summed E-state index contributed by atoms with van der Waals surface area (Å²) in [6, 6.07) is 0. The molecule has 1 aromatic rings. The van der Waals surface area contributed by atoms with Gasteiger partial charge >= 0.3 is 5.97 Å². The van der Waals surface area contributed by atoms with E-state index in [1.807, 2.05) is 45.2 Å². The first-order valence-electron chi connectivity index (χ1n) is 8.71. The average molecular weight is 791 g/mol. The Labute approximate surface area is 223 Å². The summed E-state index contributed by atoms with van der Waals surface area (Å²) in [4.78, 5) is 48.5. The van der Waals surface area contributed by atoms with Crippen LogP contribution in [0, 0.1) is 10.7 Å². The molecule has 15 heteroatoms. The number of carbonyl (C=O) groups excluding carboxylic acids is 3. The molecule has 0 aliphatic rings. The third kappa shape index (κ3) is 7.87. The summed E-state index contributed by atoms with van der Waals surface area (Å²) in [5, 5.41) is 44.0. The van der Waals surface area contributed by atoms with E-state index in [2.05, 4.69) is 16.0 Å². The molecule has 1 rings (SSSR count). The Morgan fingerprint density at radius 3 is 1.88 bits per heavy atom. The number of aliphatic hydroxyl groups excluding tert-OH is 3. The molecule has 0 bridgehead atoms. The molecule has 0 aromatic heterocycles. The van der Waals surface area contributed by atoms with E-state index in [0.29, 0.717) is 3.57 Å². The van der Waals surface area contributed by atoms with E-state index in [1.165, 1.54) is 7.11 Å². The molecular formula is C17H20I3N3O9. The van der Waals surface area contributed by atoms with Gasteiger partial charge in [-0.1, -0.05) is 0 Å². The number of hydrogen-bond donors (Lipinski definition) is 7. The van der Waals surface area contributed by atoms with Crippen molar-refractivity contribution in [1.82, 2.24) is 10.6 Å². The lowest BCUT2D eigenvalue weighted by Gasteiger charge is -2.20. The molecule has 1 aromatic carbocycles. The maximum atomic E-state index is 12.8. The molecule has 12 nitrogen and oxygen atoms in total. The van der Waals surface area contributed by atoms with Crippen molar-refractivity contribution < 1.29 is 44.3 Å². The molecule has 0 heterocycles. The predicted octanol–water partition coefficient (Wildman–Crippen LogP) is -0.656. The number of benzene rings is 1. The van der Waals surface area contributed by atoms with Gasteiger partial charge in [0.05, 0.1) is 43.2 Å². The Morgan fingerprint density at radius 1 is 0.938 bits per heavy atom. The fourth-order valence-electron chi connectivity index (χ4n) is 2.21. The molecular weight excluding hydrogens is 771 g/mol. The zero-order valence-electron chi connectivity index (χ0n) is 16.4. The van der Waals surface area contributed by atoms with E-state index < -0.39 is 49.1 Å². The van der Waals surface area contributed by atoms with E-state index >= 15 is 0 Å². The summed E-state index contributed by atoms with van der Waals surface area (Å²) < 4.78 is 5.56. The van der Waals surface area contributed by atoms with Crippen molar-refractivity contribution in [3.63, 3.8) is 0 Å². The van der Waals surface area contributed by atoms with Crippen LogP contribution in [0.4, 0.5) is 5.69 Å². The maximum Gasteiger partial charge on any atom is 0.334 e. The number of hydrogen-bond acceptors (Lipinski definition) is 8. The average Bonchev–Trinajstić information content (AvgIpc) is 2.73. The number of ether oxygens (including phenoxy) is 1. The molecule has 7 N–H and O–H groups in total. The first kappa shape index (κ1) is 29.2. The molecule has 2 atom stereocenters. The van der Waals surface area contributed by atoms with Crippen LogP contribution in [0.25, 0.3) is 0 Å². The largest absolute Gasteiger partial charge is 0.479 e. The zero-order valence-corrected chi connectivity index (χ0v) is 22.9. The number of nitrogens with one attached hydrogen (secondary N) is 3. The fraction of sp³-hybridized carbons (Fsp3) is 0.412. The summed E-state index contributed by atoms with van der Waals surface area (Å²) in [5.74, 6) is -3.52. The number of rotatable bonds is 11. The first-order valence-corrected chi connectivity index (χ1v) is 11.9. The third-order valence-corrected chi connectivity index (χ3v) is 7.00. The van der Waals surface area contributed by atoms with E-state index in [0.717, 1.165) is 0 Å². The van der Waals surface area contributed by atoms with Crippen LogP contribution in [0.15, 0.2) is 0 Å². The van der Waals surface area contributed by atoms with Gasteiger partial charge in [0.25, 0.3) is 11.8 Å². The van der Waals surface area contributed by atoms with Crippen LogP contribution >= 0.6 is 67.8 Å². The van der Waals surface area contributed by atoms with Crippen molar-refractivity contribution in [2.75, 3.05) is 38.7 Å². The van der Waals surface area contributed by atoms with Crippen molar-refractivity contribution >= 4 is 97.2 Å². The minimum atomic E-state index is -1.83. The van der Waals surface area contributed by atoms with Gasteiger partial charge in [0.2, 0.25) is 5.91 Å². The Bertz CT molecular complexity index is 898. The second kappa shape index (κ2) is 13.7. The van der Waals surface area contributed by atoms with Crippen molar-refractivity contribution in [3.8, 4) is 0 Å². The highest BCUT2D eigenvalue weighted by atomic mass is 127. The van der Waals surface area contributed by atoms with Crippen LogP contribution in [0.5, 0.6) is 0 Å². The smallest absolute Gasteiger partial charge is 0.334 e. The van der Waals surface area contributed by atoms with Gasteiger partial charge in [-0.25, -0.2) is 4.79 Å². The van der Waals surface area contributed by atoms with Crippen molar-refractivity contribution in [2.24, 2.45) is 0 Å². The number of aliphatic carboxylic acids is 1. The summed E-state index contributed by atoms with van der Waals surface area (Å²) in [6.07, 6.45) is -3.03. The lowest BCUT2D eigenvalue weighted by atomic mass is 10.1. The molecule has 2 unspecified atom stereocenters. The number of carboxylic acids is 1. The lowest BCUT2D eigenvalue weighted by Crippen LogP contribution is -2.38. The summed E-state index contributed by atoms with van der Waals surface area (Å²) in [7, 11) is 1.32. The van der Waals surface area contributed by atoms with Crippen LogP contribution in [0.1, 0.15) is 20.7 Å². The topological polar surface area (TPSA) is 195 Å². The molecule has 0 aliphatic heterocycles. The van der Waals surface area contributed by atoms with Gasteiger partial charge in [0.1, 0.15) is 6.61 Å². The highest BCUT2D eigenvalue weighted by Crippen LogP contribution is 2.35. The standard InChI is InChI=1S/C17H20I3N3O9/c1-32-5-8(27)23-14-12(19)9(15(28)21-2-6(25)4-24)11(18)10(13(14)20)16(29)22-3-7(26)17(30)31/h6-7,24-26H,2-5H2,1H3,(H,21,28)(H,22,29)(H,23,27)(H,30,31). The van der Waals surface area contributed by atoms with Gasteiger partial charge in [-0.05, 0) is 67.8 Å². The number of carboxylic acid groups (broad SMARTS) is 1. The van der Waals surface area contributed by atoms with Gasteiger partial charge in [0, 0.05) is 17.2 Å². The molecule has 0 fully saturated rings. The Hall–Kier alpha value is -0.870. The van der Waals surface area contributed by atoms with Gasteiger partial charge in [-0.2, -0.15) is 0 Å². The van der Waals surface area contributed by atoms with Gasteiger partial charge in [-0.3, -0.25) is 14.4 Å². The number of amides is 3. The molecule has 32 heavy (non-hydrogen) atoms. The number of methoxy groups -OCH3 is 1. The monoisotopic (exact) mass is 791 g/mol. The lowest BCUT2D eigenvalue weighted by molar-refractivity contribution is -0.146. The van der Waals surface area contributed by atoms with Gasteiger partial charge < -0.3 is 41.1 Å². The summed E-state index contributed by atoms with van der Waals surface area (Å²) in [5.41, 5.74) is 0.156. The highest BCUT2D eigenvalue weighted by Gasteiger charge is 2.29. The van der Waals surface area contributed by atoms with Crippen molar-refractivity contribution in [2.45, 2.75) is 12.2 Å². The third-order valence-electron chi connectivity index (χ3n) is 3.76. The molecule has 178 valence electrons. The number of aliphatic hydroxyl groups is 3. The summed E-state index contributed by atoms with van der Waals surface area (Å²) >= 11 is 5.40. The summed E-state index contributed by atoms with van der Waals surface area (Å²) in [6.45, 7) is -1.69. The minimum absolute atomic E-state index is 0.0217. The zero-order chi connectivity index (χ0) is 24.6. The van der Waals surface area contributed by atoms with Crippen molar-refractivity contribution in [3.05, 3.63) is 21.8 Å². The van der Waals surface area contributed by atoms with Crippen LogP contribution in [0.2, 0.25) is 0 Å². The van der Waals surface area contributed by atoms with E-state index in [-0.39, 0.29) is 37.1 Å². The first-order chi connectivity index (χ1) is 15.0.